The van der Waals surface area contributed by atoms with Crippen molar-refractivity contribution in [3.05, 3.63) is 120 Å². The third-order valence-electron chi connectivity index (χ3n) is 8.02. The molecule has 2 saturated heterocycles. The number of carbonyl (C=O) groups is 2. The molecule has 0 radical (unpaired) electrons. The lowest BCUT2D eigenvalue weighted by Crippen LogP contribution is -2.56. The average molecular weight is 517 g/mol. The van der Waals surface area contributed by atoms with Crippen LogP contribution in [0.1, 0.15) is 29.7 Å². The molecule has 3 amide bonds. The van der Waals surface area contributed by atoms with Gasteiger partial charge < -0.3 is 4.90 Å². The number of benzene rings is 3. The van der Waals surface area contributed by atoms with E-state index in [-0.39, 0.29) is 18.5 Å². The summed E-state index contributed by atoms with van der Waals surface area (Å²) in [7, 11) is 0. The normalized spacial score (nSPS) is 17.6. The van der Waals surface area contributed by atoms with Crippen molar-refractivity contribution in [1.82, 2.24) is 19.7 Å². The van der Waals surface area contributed by atoms with E-state index in [1.54, 1.807) is 11.1 Å². The number of carbonyl (C=O) groups excluding carboxylic acids is 2. The minimum absolute atomic E-state index is 0.0917. The first kappa shape index (κ1) is 25.0. The van der Waals surface area contributed by atoms with Crippen LogP contribution >= 0.6 is 0 Å². The first-order valence-electron chi connectivity index (χ1n) is 13.6. The smallest absolute Gasteiger partial charge is 0.304 e. The van der Waals surface area contributed by atoms with E-state index in [1.807, 2.05) is 60.7 Å². The molecule has 6 heteroatoms. The largest absolute Gasteiger partial charge is 0.328 e. The van der Waals surface area contributed by atoms with E-state index in [2.05, 4.69) is 52.3 Å². The van der Waals surface area contributed by atoms with E-state index in [9.17, 15) is 9.59 Å². The SMILES string of the molecule is O=C1N(CC=Cc2ccccc2)C(=O)C2(CCN(Cc3cccc4ccccc34)CC2)N1Cc1ccccn1. The van der Waals surface area contributed by atoms with Crippen molar-refractivity contribution < 1.29 is 9.59 Å². The van der Waals surface area contributed by atoms with Gasteiger partial charge in [-0.25, -0.2) is 4.79 Å². The summed E-state index contributed by atoms with van der Waals surface area (Å²) in [5, 5.41) is 2.50. The first-order chi connectivity index (χ1) is 19.1. The Balaban J connectivity index is 1.22. The molecule has 0 unspecified atom stereocenters. The van der Waals surface area contributed by atoms with Crippen LogP contribution < -0.4 is 0 Å². The third-order valence-corrected chi connectivity index (χ3v) is 8.02. The fraction of sp³-hybridized carbons (Fsp3) is 0.242. The molecular weight excluding hydrogens is 484 g/mol. The lowest BCUT2D eigenvalue weighted by molar-refractivity contribution is -0.135. The molecule has 0 aliphatic carbocycles. The second-order valence-electron chi connectivity index (χ2n) is 10.4. The topological polar surface area (TPSA) is 56.8 Å². The zero-order chi connectivity index (χ0) is 26.7. The van der Waals surface area contributed by atoms with Crippen LogP contribution in [0.2, 0.25) is 0 Å². The predicted molar refractivity (Wildman–Crippen MR) is 154 cm³/mol. The number of aromatic nitrogens is 1. The Bertz CT molecular complexity index is 1490. The summed E-state index contributed by atoms with van der Waals surface area (Å²) in [6.45, 7) is 2.90. The molecule has 2 fully saturated rings. The molecule has 2 aliphatic rings. The van der Waals surface area contributed by atoms with E-state index in [4.69, 9.17) is 0 Å². The number of amides is 3. The number of hydrogen-bond donors (Lipinski definition) is 0. The van der Waals surface area contributed by atoms with Gasteiger partial charge in [-0.05, 0) is 46.9 Å². The van der Waals surface area contributed by atoms with E-state index < -0.39 is 5.54 Å². The zero-order valence-corrected chi connectivity index (χ0v) is 21.9. The van der Waals surface area contributed by atoms with Gasteiger partial charge in [-0.1, -0.05) is 91.0 Å². The molecule has 196 valence electrons. The zero-order valence-electron chi connectivity index (χ0n) is 21.9. The molecule has 4 aromatic rings. The fourth-order valence-corrected chi connectivity index (χ4v) is 5.91. The molecule has 1 aromatic heterocycles. The van der Waals surface area contributed by atoms with Crippen LogP contribution in [0.4, 0.5) is 4.79 Å². The van der Waals surface area contributed by atoms with Crippen molar-refractivity contribution in [3.8, 4) is 0 Å². The second kappa shape index (κ2) is 10.8. The molecule has 0 atom stereocenters. The Morgan fingerprint density at radius 3 is 2.33 bits per heavy atom. The molecule has 1 spiro atoms. The summed E-state index contributed by atoms with van der Waals surface area (Å²) in [5.41, 5.74) is 2.27. The molecular formula is C33H32N4O2. The standard InChI is InChI=1S/C33H32N4O2/c38-31-33(18-22-35(23-19-33)24-28-15-8-14-27-13-4-5-17-30(27)28)37(25-29-16-6-7-20-34-29)32(39)36(31)21-9-12-26-10-2-1-3-11-26/h1-17,20H,18-19,21-25H2. The van der Waals surface area contributed by atoms with Gasteiger partial charge >= 0.3 is 6.03 Å². The lowest BCUT2D eigenvalue weighted by atomic mass is 9.85. The number of pyridine rings is 1. The number of fused-ring (bicyclic) bond motifs is 1. The van der Waals surface area contributed by atoms with Crippen LogP contribution in [-0.4, -0.2) is 56.8 Å². The van der Waals surface area contributed by atoms with Gasteiger partial charge in [0.1, 0.15) is 5.54 Å². The summed E-state index contributed by atoms with van der Waals surface area (Å²) < 4.78 is 0. The molecule has 0 bridgehead atoms. The number of imide groups is 1. The summed E-state index contributed by atoms with van der Waals surface area (Å²) >= 11 is 0. The fourth-order valence-electron chi connectivity index (χ4n) is 5.91. The van der Waals surface area contributed by atoms with Crippen molar-refractivity contribution in [1.29, 1.82) is 0 Å². The minimum Gasteiger partial charge on any atom is -0.304 e. The molecule has 2 aliphatic heterocycles. The number of piperidine rings is 1. The molecule has 39 heavy (non-hydrogen) atoms. The highest BCUT2D eigenvalue weighted by molar-refractivity contribution is 6.07. The number of nitrogens with zero attached hydrogens (tertiary/aromatic N) is 4. The molecule has 0 N–H and O–H groups in total. The summed E-state index contributed by atoms with van der Waals surface area (Å²) in [6.07, 6.45) is 6.81. The van der Waals surface area contributed by atoms with E-state index in [0.717, 1.165) is 30.9 Å². The number of hydrogen-bond acceptors (Lipinski definition) is 4. The quantitative estimate of drug-likeness (QED) is 0.294. The van der Waals surface area contributed by atoms with Gasteiger partial charge in [0.25, 0.3) is 5.91 Å². The third kappa shape index (κ3) is 4.95. The van der Waals surface area contributed by atoms with Gasteiger partial charge in [-0.3, -0.25) is 19.6 Å². The maximum Gasteiger partial charge on any atom is 0.328 e. The highest BCUT2D eigenvalue weighted by Gasteiger charge is 2.57. The Kier molecular flexibility index (Phi) is 6.95. The maximum absolute atomic E-state index is 14.0. The number of likely N-dealkylation sites (tertiary alicyclic amines) is 1. The minimum atomic E-state index is -0.843. The maximum atomic E-state index is 14.0. The van der Waals surface area contributed by atoms with E-state index >= 15 is 0 Å². The van der Waals surface area contributed by atoms with Crippen LogP contribution in [-0.2, 0) is 17.9 Å². The lowest BCUT2D eigenvalue weighted by Gasteiger charge is -2.42. The molecule has 3 heterocycles. The van der Waals surface area contributed by atoms with Crippen molar-refractivity contribution in [2.45, 2.75) is 31.5 Å². The van der Waals surface area contributed by atoms with Crippen molar-refractivity contribution >= 4 is 28.8 Å². The highest BCUT2D eigenvalue weighted by Crippen LogP contribution is 2.39. The first-order valence-corrected chi connectivity index (χ1v) is 13.6. The van der Waals surface area contributed by atoms with Crippen LogP contribution in [0.5, 0.6) is 0 Å². The number of urea groups is 1. The van der Waals surface area contributed by atoms with Crippen LogP contribution in [0.25, 0.3) is 16.8 Å². The van der Waals surface area contributed by atoms with Crippen LogP contribution in [0.3, 0.4) is 0 Å². The summed E-state index contributed by atoms with van der Waals surface area (Å²) in [6, 6.07) is 30.3. The molecule has 6 nitrogen and oxygen atoms in total. The second-order valence-corrected chi connectivity index (χ2v) is 10.4. The van der Waals surface area contributed by atoms with E-state index in [1.165, 1.54) is 21.2 Å². The van der Waals surface area contributed by atoms with E-state index in [0.29, 0.717) is 19.4 Å². The van der Waals surface area contributed by atoms with Crippen LogP contribution in [0, 0.1) is 0 Å². The highest BCUT2D eigenvalue weighted by atomic mass is 16.2. The van der Waals surface area contributed by atoms with Gasteiger partial charge in [-0.15, -0.1) is 0 Å². The van der Waals surface area contributed by atoms with Crippen molar-refractivity contribution in [3.63, 3.8) is 0 Å². The Morgan fingerprint density at radius 2 is 1.54 bits per heavy atom. The average Bonchev–Trinajstić information content (AvgIpc) is 3.16. The Labute approximate surface area is 229 Å². The monoisotopic (exact) mass is 516 g/mol. The predicted octanol–water partition coefficient (Wildman–Crippen LogP) is 5.75. The molecule has 3 aromatic carbocycles. The molecule has 6 rings (SSSR count). The van der Waals surface area contributed by atoms with Gasteiger partial charge in [0.05, 0.1) is 12.2 Å². The van der Waals surface area contributed by atoms with Gasteiger partial charge in [0, 0.05) is 32.4 Å². The van der Waals surface area contributed by atoms with Gasteiger partial charge in [0.2, 0.25) is 0 Å². The van der Waals surface area contributed by atoms with Gasteiger partial charge in [-0.2, -0.15) is 0 Å². The number of rotatable bonds is 7. The summed E-state index contributed by atoms with van der Waals surface area (Å²) in [5.74, 6) is -0.0917. The molecule has 0 saturated carbocycles. The Hall–Kier alpha value is -4.29. The van der Waals surface area contributed by atoms with Crippen LogP contribution in [0.15, 0.2) is 103 Å². The summed E-state index contributed by atoms with van der Waals surface area (Å²) in [4.78, 5) is 37.7. The van der Waals surface area contributed by atoms with Crippen molar-refractivity contribution in [2.75, 3.05) is 19.6 Å². The Morgan fingerprint density at radius 1 is 0.795 bits per heavy atom. The van der Waals surface area contributed by atoms with Crippen molar-refractivity contribution in [2.24, 2.45) is 0 Å². The van der Waals surface area contributed by atoms with Gasteiger partial charge in [0.15, 0.2) is 0 Å².